The summed E-state index contributed by atoms with van der Waals surface area (Å²) in [7, 11) is 0. The zero-order chi connectivity index (χ0) is 9.36. The van der Waals surface area contributed by atoms with Gasteiger partial charge in [0.15, 0.2) is 0 Å². The van der Waals surface area contributed by atoms with E-state index in [-0.39, 0.29) is 6.10 Å². The summed E-state index contributed by atoms with van der Waals surface area (Å²) in [5.41, 5.74) is 0. The number of hydrogen-bond acceptors (Lipinski definition) is 1. The average Bonchev–Trinajstić information content (AvgIpc) is 2.19. The fourth-order valence-corrected chi connectivity index (χ4v) is 1.43. The van der Waals surface area contributed by atoms with E-state index in [1.807, 2.05) is 0 Å². The van der Waals surface area contributed by atoms with Crippen LogP contribution in [0.25, 0.3) is 0 Å². The fourth-order valence-electron chi connectivity index (χ4n) is 1.43. The Balaban J connectivity index is 1.96. The first-order valence-corrected chi connectivity index (χ1v) is 5.38. The molecule has 0 atom stereocenters. The molecule has 1 nitrogen and oxygen atoms in total. The maximum atomic E-state index is 5.66. The molecule has 0 spiro atoms. The van der Waals surface area contributed by atoms with Gasteiger partial charge in [0.25, 0.3) is 0 Å². The molecule has 13 heavy (non-hydrogen) atoms. The Hall–Kier alpha value is -0.560. The minimum atomic E-state index is 0.246. The van der Waals surface area contributed by atoms with Gasteiger partial charge in [-0.15, -0.1) is 0 Å². The van der Waals surface area contributed by atoms with Gasteiger partial charge >= 0.3 is 0 Å². The van der Waals surface area contributed by atoms with E-state index in [2.05, 4.69) is 31.2 Å². The molecule has 0 fully saturated rings. The van der Waals surface area contributed by atoms with E-state index >= 15 is 0 Å². The normalized spacial score (nSPS) is 16.7. The third-order valence-corrected chi connectivity index (χ3v) is 2.23. The molecule has 0 saturated carbocycles. The average molecular weight is 180 g/mol. The number of rotatable bonds is 6. The lowest BCUT2D eigenvalue weighted by atomic mass is 10.1. The molecule has 0 heterocycles. The van der Waals surface area contributed by atoms with Gasteiger partial charge in [-0.25, -0.2) is 0 Å². The summed E-state index contributed by atoms with van der Waals surface area (Å²) < 4.78 is 5.66. The highest BCUT2D eigenvalue weighted by molar-refractivity contribution is 5.10. The predicted molar refractivity (Wildman–Crippen MR) is 56.8 cm³/mol. The van der Waals surface area contributed by atoms with Gasteiger partial charge in [0.2, 0.25) is 0 Å². The molecular formula is C12H20O. The van der Waals surface area contributed by atoms with E-state index in [0.717, 1.165) is 13.0 Å². The van der Waals surface area contributed by atoms with Crippen LogP contribution in [-0.2, 0) is 4.74 Å². The van der Waals surface area contributed by atoms with Crippen molar-refractivity contribution in [2.24, 2.45) is 0 Å². The molecule has 0 aliphatic heterocycles. The van der Waals surface area contributed by atoms with Crippen LogP contribution in [0.2, 0.25) is 0 Å². The number of allylic oxidation sites excluding steroid dienone is 2. The van der Waals surface area contributed by atoms with Gasteiger partial charge in [0.1, 0.15) is 0 Å². The minimum absolute atomic E-state index is 0.246. The lowest BCUT2D eigenvalue weighted by molar-refractivity contribution is 0.110. The minimum Gasteiger partial charge on any atom is -0.370 e. The van der Waals surface area contributed by atoms with Crippen LogP contribution >= 0.6 is 0 Å². The van der Waals surface area contributed by atoms with Crippen molar-refractivity contribution in [1.82, 2.24) is 0 Å². The highest BCUT2D eigenvalue weighted by atomic mass is 16.5. The summed E-state index contributed by atoms with van der Waals surface area (Å²) >= 11 is 0. The Bertz CT molecular complexity index is 158. The fraction of sp³-hybridized carbons (Fsp3) is 0.667. The van der Waals surface area contributed by atoms with Crippen LogP contribution in [0.4, 0.5) is 0 Å². The highest BCUT2D eigenvalue weighted by Gasteiger charge is 2.01. The Kier molecular flexibility index (Phi) is 5.59. The lowest BCUT2D eigenvalue weighted by Gasteiger charge is -2.11. The SMILES string of the molecule is CCCCCCOC1C=CCC=C1. The van der Waals surface area contributed by atoms with Crippen molar-refractivity contribution < 1.29 is 4.74 Å². The molecule has 1 heteroatoms. The van der Waals surface area contributed by atoms with Crippen molar-refractivity contribution in [3.8, 4) is 0 Å². The molecule has 0 aromatic heterocycles. The van der Waals surface area contributed by atoms with Gasteiger partial charge in [0, 0.05) is 6.61 Å². The summed E-state index contributed by atoms with van der Waals surface area (Å²) in [6.45, 7) is 3.13. The van der Waals surface area contributed by atoms with Crippen LogP contribution < -0.4 is 0 Å². The first-order chi connectivity index (χ1) is 6.43. The van der Waals surface area contributed by atoms with Crippen LogP contribution in [0, 0.1) is 0 Å². The number of hydrogen-bond donors (Lipinski definition) is 0. The van der Waals surface area contributed by atoms with Crippen molar-refractivity contribution in [2.45, 2.75) is 45.1 Å². The second-order valence-corrected chi connectivity index (χ2v) is 3.49. The van der Waals surface area contributed by atoms with Crippen LogP contribution in [0.15, 0.2) is 24.3 Å². The number of ether oxygens (including phenoxy) is 1. The first kappa shape index (κ1) is 10.5. The van der Waals surface area contributed by atoms with Gasteiger partial charge in [0.05, 0.1) is 6.10 Å². The van der Waals surface area contributed by atoms with E-state index in [9.17, 15) is 0 Å². The van der Waals surface area contributed by atoms with Gasteiger partial charge < -0.3 is 4.74 Å². The molecule has 1 rings (SSSR count). The number of unbranched alkanes of at least 4 members (excludes halogenated alkanes) is 3. The standard InChI is InChI=1S/C12H20O/c1-2-3-4-8-11-13-12-9-6-5-7-10-12/h6-7,9-10,12H,2-5,8,11H2,1H3. The monoisotopic (exact) mass is 180 g/mol. The zero-order valence-corrected chi connectivity index (χ0v) is 8.54. The highest BCUT2D eigenvalue weighted by Crippen LogP contribution is 2.07. The lowest BCUT2D eigenvalue weighted by Crippen LogP contribution is -2.09. The smallest absolute Gasteiger partial charge is 0.0937 e. The van der Waals surface area contributed by atoms with Crippen molar-refractivity contribution >= 4 is 0 Å². The zero-order valence-electron chi connectivity index (χ0n) is 8.54. The van der Waals surface area contributed by atoms with Gasteiger partial charge in [-0.2, -0.15) is 0 Å². The quantitative estimate of drug-likeness (QED) is 0.449. The summed E-state index contributed by atoms with van der Waals surface area (Å²) in [6.07, 6.45) is 15.0. The van der Waals surface area contributed by atoms with Gasteiger partial charge in [-0.05, 0) is 12.8 Å². The third-order valence-electron chi connectivity index (χ3n) is 2.23. The predicted octanol–water partition coefficient (Wildman–Crippen LogP) is 3.47. The van der Waals surface area contributed by atoms with Crippen molar-refractivity contribution in [2.75, 3.05) is 6.61 Å². The molecule has 0 N–H and O–H groups in total. The Morgan fingerprint density at radius 1 is 1.15 bits per heavy atom. The molecule has 1 aliphatic rings. The van der Waals surface area contributed by atoms with Crippen LogP contribution in [0.1, 0.15) is 39.0 Å². The second kappa shape index (κ2) is 6.90. The Morgan fingerprint density at radius 3 is 2.62 bits per heavy atom. The molecule has 74 valence electrons. The second-order valence-electron chi connectivity index (χ2n) is 3.49. The molecule has 0 unspecified atom stereocenters. The van der Waals surface area contributed by atoms with E-state index in [1.165, 1.54) is 25.7 Å². The largest absolute Gasteiger partial charge is 0.370 e. The third kappa shape index (κ3) is 4.89. The molecule has 0 radical (unpaired) electrons. The summed E-state index contributed by atoms with van der Waals surface area (Å²) in [6, 6.07) is 0. The van der Waals surface area contributed by atoms with E-state index in [4.69, 9.17) is 4.74 Å². The molecule has 0 aromatic carbocycles. The van der Waals surface area contributed by atoms with Crippen LogP contribution in [-0.4, -0.2) is 12.7 Å². The van der Waals surface area contributed by atoms with Crippen molar-refractivity contribution in [1.29, 1.82) is 0 Å². The van der Waals surface area contributed by atoms with Crippen LogP contribution in [0.5, 0.6) is 0 Å². The molecule has 0 bridgehead atoms. The molecular weight excluding hydrogens is 160 g/mol. The molecule has 0 amide bonds. The van der Waals surface area contributed by atoms with Crippen molar-refractivity contribution in [3.63, 3.8) is 0 Å². The summed E-state index contributed by atoms with van der Waals surface area (Å²) in [5.74, 6) is 0. The van der Waals surface area contributed by atoms with Gasteiger partial charge in [-0.3, -0.25) is 0 Å². The van der Waals surface area contributed by atoms with Crippen molar-refractivity contribution in [3.05, 3.63) is 24.3 Å². The Morgan fingerprint density at radius 2 is 1.92 bits per heavy atom. The summed E-state index contributed by atoms with van der Waals surface area (Å²) in [4.78, 5) is 0. The topological polar surface area (TPSA) is 9.23 Å². The maximum absolute atomic E-state index is 5.66. The van der Waals surface area contributed by atoms with Gasteiger partial charge in [-0.1, -0.05) is 50.5 Å². The van der Waals surface area contributed by atoms with E-state index in [0.29, 0.717) is 0 Å². The molecule has 1 aliphatic carbocycles. The first-order valence-electron chi connectivity index (χ1n) is 5.38. The molecule has 0 saturated heterocycles. The van der Waals surface area contributed by atoms with Crippen LogP contribution in [0.3, 0.4) is 0 Å². The molecule has 0 aromatic rings. The van der Waals surface area contributed by atoms with E-state index in [1.54, 1.807) is 0 Å². The van der Waals surface area contributed by atoms with E-state index < -0.39 is 0 Å². The summed E-state index contributed by atoms with van der Waals surface area (Å²) in [5, 5.41) is 0. The Labute approximate surface area is 81.5 Å². The maximum Gasteiger partial charge on any atom is 0.0937 e.